The lowest BCUT2D eigenvalue weighted by molar-refractivity contribution is -0.138. The van der Waals surface area contributed by atoms with Crippen LogP contribution in [0.1, 0.15) is 16.9 Å². The van der Waals surface area contributed by atoms with Gasteiger partial charge in [0.25, 0.3) is 5.91 Å². The number of hydrogen-bond donors (Lipinski definition) is 2. The lowest BCUT2D eigenvalue weighted by Crippen LogP contribution is -2.30. The summed E-state index contributed by atoms with van der Waals surface area (Å²) < 4.78 is 1.77. The van der Waals surface area contributed by atoms with Crippen LogP contribution >= 0.6 is 27.5 Å². The van der Waals surface area contributed by atoms with Gasteiger partial charge in [-0.1, -0.05) is 11.6 Å². The summed E-state index contributed by atoms with van der Waals surface area (Å²) in [4.78, 5) is 27.3. The fourth-order valence-electron chi connectivity index (χ4n) is 2.08. The molecule has 2 N–H and O–H groups in total. The number of hydrogen-bond acceptors (Lipinski definition) is 4. The van der Waals surface area contributed by atoms with Gasteiger partial charge in [0.1, 0.15) is 10.3 Å². The first-order valence-corrected chi connectivity index (χ1v) is 7.54. The van der Waals surface area contributed by atoms with Crippen LogP contribution in [0, 0.1) is 5.92 Å². The van der Waals surface area contributed by atoms with E-state index in [0.29, 0.717) is 21.9 Å². The Hall–Kier alpha value is -1.93. The van der Waals surface area contributed by atoms with Crippen LogP contribution in [0.3, 0.4) is 0 Å². The average molecular weight is 386 g/mol. The van der Waals surface area contributed by atoms with E-state index in [0.717, 1.165) is 0 Å². The third-order valence-electron chi connectivity index (χ3n) is 3.28. The fourth-order valence-corrected chi connectivity index (χ4v) is 2.66. The lowest BCUT2D eigenvalue weighted by atomic mass is 10.3. The Morgan fingerprint density at radius 2 is 2.27 bits per heavy atom. The highest BCUT2D eigenvalue weighted by molar-refractivity contribution is 9.10. The summed E-state index contributed by atoms with van der Waals surface area (Å²) in [5.41, 5.74) is 0.225. The number of rotatable bonds is 4. The number of carboxylic acid groups (broad SMARTS) is 1. The van der Waals surface area contributed by atoms with Crippen molar-refractivity contribution in [1.29, 1.82) is 0 Å². The molecule has 114 valence electrons. The topological polar surface area (TPSA) is 97.1 Å². The molecule has 2 atom stereocenters. The molecular formula is C13H10BrClN4O3. The molecule has 2 aromatic heterocycles. The van der Waals surface area contributed by atoms with Crippen LogP contribution in [0.2, 0.25) is 5.02 Å². The van der Waals surface area contributed by atoms with Gasteiger partial charge in [0.2, 0.25) is 0 Å². The second kappa shape index (κ2) is 5.69. The maximum atomic E-state index is 12.3. The van der Waals surface area contributed by atoms with Crippen molar-refractivity contribution in [3.63, 3.8) is 0 Å². The highest BCUT2D eigenvalue weighted by atomic mass is 79.9. The molecule has 0 aromatic carbocycles. The molecule has 2 aromatic rings. The third kappa shape index (κ3) is 2.84. The summed E-state index contributed by atoms with van der Waals surface area (Å²) in [5, 5.41) is 16.1. The van der Waals surface area contributed by atoms with Gasteiger partial charge in [0.05, 0.1) is 10.9 Å². The van der Waals surface area contributed by atoms with Crippen molar-refractivity contribution in [3.05, 3.63) is 39.7 Å². The Labute approximate surface area is 138 Å². The number of carboxylic acids is 1. The van der Waals surface area contributed by atoms with Gasteiger partial charge in [-0.15, -0.1) is 0 Å². The van der Waals surface area contributed by atoms with Gasteiger partial charge in [-0.25, -0.2) is 9.67 Å². The Kier molecular flexibility index (Phi) is 3.88. The number of aliphatic carboxylic acids is 1. The van der Waals surface area contributed by atoms with Crippen LogP contribution < -0.4 is 5.32 Å². The number of amides is 1. The SMILES string of the molecule is O=C(NC1CC1C(=O)O)c1cc(Br)nn1-c1ncccc1Cl. The van der Waals surface area contributed by atoms with Gasteiger partial charge in [0, 0.05) is 18.3 Å². The van der Waals surface area contributed by atoms with Crippen LogP contribution in [0.25, 0.3) is 5.82 Å². The molecule has 0 spiro atoms. The Bertz CT molecular complexity index is 763. The molecule has 0 saturated heterocycles. The number of nitrogens with one attached hydrogen (secondary N) is 1. The van der Waals surface area contributed by atoms with E-state index >= 15 is 0 Å². The summed E-state index contributed by atoms with van der Waals surface area (Å²) in [6, 6.07) is 4.48. The monoisotopic (exact) mass is 384 g/mol. The normalized spacial score (nSPS) is 19.7. The molecule has 7 nitrogen and oxygen atoms in total. The van der Waals surface area contributed by atoms with Crippen molar-refractivity contribution < 1.29 is 14.7 Å². The molecule has 3 rings (SSSR count). The zero-order valence-corrected chi connectivity index (χ0v) is 13.4. The molecule has 0 radical (unpaired) electrons. The molecule has 22 heavy (non-hydrogen) atoms. The number of carbonyl (C=O) groups excluding carboxylic acids is 1. The van der Waals surface area contributed by atoms with Crippen LogP contribution in [0.15, 0.2) is 29.0 Å². The fraction of sp³-hybridized carbons (Fsp3) is 0.231. The molecular weight excluding hydrogens is 376 g/mol. The van der Waals surface area contributed by atoms with Crippen molar-refractivity contribution in [1.82, 2.24) is 20.1 Å². The predicted molar refractivity (Wildman–Crippen MR) is 81.1 cm³/mol. The van der Waals surface area contributed by atoms with Crippen molar-refractivity contribution >= 4 is 39.4 Å². The van der Waals surface area contributed by atoms with E-state index in [1.165, 1.54) is 10.7 Å². The van der Waals surface area contributed by atoms with Gasteiger partial charge in [-0.2, -0.15) is 5.10 Å². The van der Waals surface area contributed by atoms with E-state index in [-0.39, 0.29) is 11.7 Å². The van der Waals surface area contributed by atoms with E-state index in [1.807, 2.05) is 0 Å². The zero-order valence-electron chi connectivity index (χ0n) is 11.0. The van der Waals surface area contributed by atoms with E-state index in [2.05, 4.69) is 31.3 Å². The molecule has 2 unspecified atom stereocenters. The highest BCUT2D eigenvalue weighted by Crippen LogP contribution is 2.31. The average Bonchev–Trinajstić information content (AvgIpc) is 3.13. The van der Waals surface area contributed by atoms with Gasteiger partial charge in [0.15, 0.2) is 5.82 Å². The van der Waals surface area contributed by atoms with E-state index in [4.69, 9.17) is 16.7 Å². The quantitative estimate of drug-likeness (QED) is 0.837. The maximum absolute atomic E-state index is 12.3. The number of nitrogens with zero attached hydrogens (tertiary/aromatic N) is 3. The number of pyridine rings is 1. The van der Waals surface area contributed by atoms with E-state index in [1.54, 1.807) is 18.3 Å². The highest BCUT2D eigenvalue weighted by Gasteiger charge is 2.44. The number of halogens is 2. The van der Waals surface area contributed by atoms with Gasteiger partial charge < -0.3 is 10.4 Å². The van der Waals surface area contributed by atoms with Gasteiger partial charge in [-0.3, -0.25) is 9.59 Å². The molecule has 1 saturated carbocycles. The first kappa shape index (κ1) is 15.0. The van der Waals surface area contributed by atoms with Crippen molar-refractivity contribution in [3.8, 4) is 5.82 Å². The van der Waals surface area contributed by atoms with Crippen LogP contribution in [0.4, 0.5) is 0 Å². The Morgan fingerprint density at radius 1 is 1.50 bits per heavy atom. The molecule has 0 aliphatic heterocycles. The first-order chi connectivity index (χ1) is 10.5. The third-order valence-corrected chi connectivity index (χ3v) is 3.96. The van der Waals surface area contributed by atoms with Crippen LogP contribution in [-0.4, -0.2) is 37.8 Å². The minimum atomic E-state index is -0.909. The van der Waals surface area contributed by atoms with Gasteiger partial charge in [-0.05, 0) is 34.5 Å². The summed E-state index contributed by atoms with van der Waals surface area (Å²) >= 11 is 9.29. The molecule has 1 aliphatic carbocycles. The lowest BCUT2D eigenvalue weighted by Gasteiger charge is -2.08. The zero-order chi connectivity index (χ0) is 15.9. The summed E-state index contributed by atoms with van der Waals surface area (Å²) in [5.74, 6) is -1.53. The summed E-state index contributed by atoms with van der Waals surface area (Å²) in [6.07, 6.45) is 1.97. The van der Waals surface area contributed by atoms with Crippen molar-refractivity contribution in [2.45, 2.75) is 12.5 Å². The Balaban J connectivity index is 1.87. The molecule has 1 fully saturated rings. The van der Waals surface area contributed by atoms with Crippen LogP contribution in [-0.2, 0) is 4.79 Å². The molecule has 2 heterocycles. The van der Waals surface area contributed by atoms with Crippen molar-refractivity contribution in [2.75, 3.05) is 0 Å². The number of carbonyl (C=O) groups is 2. The minimum absolute atomic E-state index is 0.225. The minimum Gasteiger partial charge on any atom is -0.481 e. The predicted octanol–water partition coefficient (Wildman–Crippen LogP) is 1.89. The summed E-state index contributed by atoms with van der Waals surface area (Å²) in [6.45, 7) is 0. The molecule has 1 amide bonds. The van der Waals surface area contributed by atoms with E-state index < -0.39 is 17.8 Å². The standard InChI is InChI=1S/C13H10BrClN4O3/c14-10-5-9(12(20)17-8-4-6(8)13(21)22)19(18-10)11-7(15)2-1-3-16-11/h1-3,5-6,8H,4H2,(H,17,20)(H,21,22). The van der Waals surface area contributed by atoms with Crippen molar-refractivity contribution in [2.24, 2.45) is 5.92 Å². The molecule has 1 aliphatic rings. The van der Waals surface area contributed by atoms with Gasteiger partial charge >= 0.3 is 5.97 Å². The Morgan fingerprint density at radius 3 is 2.91 bits per heavy atom. The summed E-state index contributed by atoms with van der Waals surface area (Å²) in [7, 11) is 0. The second-order valence-corrected chi connectivity index (χ2v) is 6.05. The molecule has 0 bridgehead atoms. The smallest absolute Gasteiger partial charge is 0.308 e. The number of aromatic nitrogens is 3. The van der Waals surface area contributed by atoms with Crippen LogP contribution in [0.5, 0.6) is 0 Å². The second-order valence-electron chi connectivity index (χ2n) is 4.83. The first-order valence-electron chi connectivity index (χ1n) is 6.37. The largest absolute Gasteiger partial charge is 0.481 e. The van der Waals surface area contributed by atoms with E-state index in [9.17, 15) is 9.59 Å². The maximum Gasteiger partial charge on any atom is 0.308 e. The molecule has 9 heteroatoms.